The molecule has 4 heteroatoms. The summed E-state index contributed by atoms with van der Waals surface area (Å²) in [6, 6.07) is 31.2. The SMILES string of the molecule is c1ccc2c(c1)Sc1cccc3c1B2c1ccc(-n2c4c(c5ccccc52)CCCCC4)cc1O3. The quantitative estimate of drug-likeness (QED) is 0.217. The first-order chi connectivity index (χ1) is 17.4. The summed E-state index contributed by atoms with van der Waals surface area (Å²) in [4.78, 5) is 2.66. The number of aromatic nitrogens is 1. The Morgan fingerprint density at radius 1 is 0.714 bits per heavy atom. The Morgan fingerprint density at radius 3 is 2.57 bits per heavy atom. The predicted octanol–water partition coefficient (Wildman–Crippen LogP) is 5.99. The molecular formula is C31H24BNOS. The molecule has 0 fully saturated rings. The first kappa shape index (κ1) is 19.9. The molecule has 4 aromatic carbocycles. The lowest BCUT2D eigenvalue weighted by Crippen LogP contribution is -2.57. The van der Waals surface area contributed by atoms with Crippen LogP contribution in [0.1, 0.15) is 30.5 Å². The van der Waals surface area contributed by atoms with Crippen LogP contribution >= 0.6 is 11.8 Å². The van der Waals surface area contributed by atoms with Crippen LogP contribution in [0.3, 0.4) is 0 Å². The number of benzene rings is 4. The van der Waals surface area contributed by atoms with Gasteiger partial charge in [0.1, 0.15) is 11.5 Å². The van der Waals surface area contributed by atoms with Crippen LogP contribution in [0.5, 0.6) is 11.5 Å². The van der Waals surface area contributed by atoms with Gasteiger partial charge in [-0.25, -0.2) is 0 Å². The van der Waals surface area contributed by atoms with Gasteiger partial charge in [-0.05, 0) is 72.5 Å². The van der Waals surface area contributed by atoms with Crippen molar-refractivity contribution >= 4 is 45.8 Å². The summed E-state index contributed by atoms with van der Waals surface area (Å²) in [5, 5.41) is 1.41. The zero-order valence-corrected chi connectivity index (χ0v) is 20.3. The van der Waals surface area contributed by atoms with Gasteiger partial charge in [0.25, 0.3) is 6.71 Å². The fourth-order valence-electron chi connectivity index (χ4n) is 6.47. The van der Waals surface area contributed by atoms with Crippen LogP contribution in [0.15, 0.2) is 94.7 Å². The number of ether oxygens (including phenoxy) is 1. The summed E-state index contributed by atoms with van der Waals surface area (Å²) in [6.45, 7) is 0.218. The fraction of sp³-hybridized carbons (Fsp3) is 0.161. The van der Waals surface area contributed by atoms with Crippen molar-refractivity contribution in [3.63, 3.8) is 0 Å². The molecule has 35 heavy (non-hydrogen) atoms. The molecule has 3 aliphatic rings. The molecule has 2 nitrogen and oxygen atoms in total. The monoisotopic (exact) mass is 469 g/mol. The molecule has 5 aromatic rings. The normalized spacial score (nSPS) is 15.5. The molecule has 1 aromatic heterocycles. The van der Waals surface area contributed by atoms with Crippen molar-refractivity contribution in [2.45, 2.75) is 41.9 Å². The van der Waals surface area contributed by atoms with E-state index in [1.165, 1.54) is 74.1 Å². The number of hydrogen-bond acceptors (Lipinski definition) is 2. The summed E-state index contributed by atoms with van der Waals surface area (Å²) < 4.78 is 9.14. The summed E-state index contributed by atoms with van der Waals surface area (Å²) in [7, 11) is 0. The third-order valence-electron chi connectivity index (χ3n) is 7.98. The van der Waals surface area contributed by atoms with Gasteiger partial charge in [0.2, 0.25) is 0 Å². The zero-order chi connectivity index (χ0) is 22.9. The molecule has 0 radical (unpaired) electrons. The average molecular weight is 469 g/mol. The maximum atomic E-state index is 6.63. The van der Waals surface area contributed by atoms with Gasteiger partial charge in [-0.2, -0.15) is 0 Å². The molecule has 1 aliphatic carbocycles. The van der Waals surface area contributed by atoms with Gasteiger partial charge in [0.05, 0.1) is 5.52 Å². The highest BCUT2D eigenvalue weighted by molar-refractivity contribution is 8.00. The van der Waals surface area contributed by atoms with Gasteiger partial charge in [0.15, 0.2) is 0 Å². The van der Waals surface area contributed by atoms with Crippen LogP contribution < -0.4 is 21.1 Å². The molecular weight excluding hydrogens is 445 g/mol. The number of nitrogens with zero attached hydrogens (tertiary/aromatic N) is 1. The Kier molecular flexibility index (Phi) is 4.30. The number of aryl methyl sites for hydroxylation is 1. The minimum atomic E-state index is 0.218. The summed E-state index contributed by atoms with van der Waals surface area (Å²) in [5.74, 6) is 1.98. The third-order valence-corrected chi connectivity index (χ3v) is 9.15. The molecule has 0 bridgehead atoms. The van der Waals surface area contributed by atoms with Crippen LogP contribution in [-0.4, -0.2) is 11.3 Å². The largest absolute Gasteiger partial charge is 0.458 e. The smallest absolute Gasteiger partial charge is 0.253 e. The zero-order valence-electron chi connectivity index (χ0n) is 19.5. The van der Waals surface area contributed by atoms with Gasteiger partial charge in [-0.1, -0.05) is 72.2 Å². The molecule has 168 valence electrons. The van der Waals surface area contributed by atoms with Crippen molar-refractivity contribution < 1.29 is 4.74 Å². The third kappa shape index (κ3) is 2.87. The number of para-hydroxylation sites is 1. The Labute approximate surface area is 210 Å². The summed E-state index contributed by atoms with van der Waals surface area (Å²) >= 11 is 1.86. The number of rotatable bonds is 1. The van der Waals surface area contributed by atoms with E-state index in [1.807, 2.05) is 11.8 Å². The summed E-state index contributed by atoms with van der Waals surface area (Å²) in [6.07, 6.45) is 6.18. The van der Waals surface area contributed by atoms with E-state index in [-0.39, 0.29) is 6.71 Å². The molecule has 2 aliphatic heterocycles. The standard InChI is InChI=1S/C31H24BNOS/c1-2-9-21-22-10-4-6-13-26(22)33(25(21)12-3-1)20-17-18-23-28(19-20)34-27-14-8-16-30-31(27)32(23)24-11-5-7-15-29(24)35-30/h4-8,10-11,13-19H,1-3,9,12H2. The average Bonchev–Trinajstić information content (AvgIpc) is 3.03. The van der Waals surface area contributed by atoms with Crippen molar-refractivity contribution in [2.24, 2.45) is 0 Å². The first-order valence-electron chi connectivity index (χ1n) is 12.7. The van der Waals surface area contributed by atoms with E-state index < -0.39 is 0 Å². The highest BCUT2D eigenvalue weighted by Gasteiger charge is 2.38. The van der Waals surface area contributed by atoms with E-state index in [4.69, 9.17) is 4.74 Å². The second kappa shape index (κ2) is 7.57. The van der Waals surface area contributed by atoms with Crippen LogP contribution in [0, 0.1) is 0 Å². The van der Waals surface area contributed by atoms with Gasteiger partial charge in [0, 0.05) is 32.6 Å². The van der Waals surface area contributed by atoms with Gasteiger partial charge >= 0.3 is 0 Å². The Bertz CT molecular complexity index is 1650. The topological polar surface area (TPSA) is 14.2 Å². The van der Waals surface area contributed by atoms with Crippen molar-refractivity contribution in [1.82, 2.24) is 4.57 Å². The lowest BCUT2D eigenvalue weighted by atomic mass is 9.35. The lowest BCUT2D eigenvalue weighted by Gasteiger charge is -2.33. The van der Waals surface area contributed by atoms with Gasteiger partial charge in [-0.15, -0.1) is 0 Å². The second-order valence-electron chi connectivity index (χ2n) is 9.90. The van der Waals surface area contributed by atoms with E-state index >= 15 is 0 Å². The van der Waals surface area contributed by atoms with Crippen LogP contribution in [0.2, 0.25) is 0 Å². The van der Waals surface area contributed by atoms with Crippen molar-refractivity contribution in [3.8, 4) is 17.2 Å². The van der Waals surface area contributed by atoms with Crippen molar-refractivity contribution in [3.05, 3.63) is 96.2 Å². The molecule has 0 spiro atoms. The molecule has 0 saturated carbocycles. The number of fused-ring (bicyclic) bond motifs is 7. The predicted molar refractivity (Wildman–Crippen MR) is 146 cm³/mol. The van der Waals surface area contributed by atoms with E-state index in [9.17, 15) is 0 Å². The van der Waals surface area contributed by atoms with Gasteiger partial charge in [-0.3, -0.25) is 0 Å². The molecule has 0 atom stereocenters. The second-order valence-corrected chi connectivity index (χ2v) is 11.0. The van der Waals surface area contributed by atoms with Crippen molar-refractivity contribution in [1.29, 1.82) is 0 Å². The fourth-order valence-corrected chi connectivity index (χ4v) is 7.63. The first-order valence-corrected chi connectivity index (χ1v) is 13.5. The highest BCUT2D eigenvalue weighted by atomic mass is 32.2. The molecule has 8 rings (SSSR count). The maximum absolute atomic E-state index is 6.63. The number of hydrogen-bond donors (Lipinski definition) is 0. The lowest BCUT2D eigenvalue weighted by molar-refractivity contribution is 0.486. The van der Waals surface area contributed by atoms with Crippen molar-refractivity contribution in [2.75, 3.05) is 0 Å². The molecule has 3 heterocycles. The minimum Gasteiger partial charge on any atom is -0.458 e. The van der Waals surface area contributed by atoms with E-state index in [0.29, 0.717) is 0 Å². The Morgan fingerprint density at radius 2 is 1.57 bits per heavy atom. The van der Waals surface area contributed by atoms with E-state index in [0.717, 1.165) is 17.9 Å². The molecule has 0 N–H and O–H groups in total. The van der Waals surface area contributed by atoms with Crippen LogP contribution in [0.25, 0.3) is 16.6 Å². The summed E-state index contributed by atoms with van der Waals surface area (Å²) in [5.41, 5.74) is 9.53. The molecule has 0 amide bonds. The van der Waals surface area contributed by atoms with E-state index in [2.05, 4.69) is 89.5 Å². The van der Waals surface area contributed by atoms with E-state index in [1.54, 1.807) is 5.56 Å². The van der Waals surface area contributed by atoms with Crippen LogP contribution in [-0.2, 0) is 12.8 Å². The van der Waals surface area contributed by atoms with Crippen LogP contribution in [0.4, 0.5) is 0 Å². The Balaban J connectivity index is 1.35. The molecule has 0 saturated heterocycles. The van der Waals surface area contributed by atoms with Gasteiger partial charge < -0.3 is 9.30 Å². The molecule has 0 unspecified atom stereocenters. The maximum Gasteiger partial charge on any atom is 0.253 e. The Hall–Kier alpha value is -3.37. The highest BCUT2D eigenvalue weighted by Crippen LogP contribution is 2.38. The minimum absolute atomic E-state index is 0.218.